The number of carbonyl (C=O) groups is 2. The number of anilines is 1. The number of hydrogen-bond acceptors (Lipinski definition) is 7. The Morgan fingerprint density at radius 3 is 2.41 bits per heavy atom. The number of carbonyl (C=O) groups excluding carboxylic acids is 2. The maximum absolute atomic E-state index is 11.9. The summed E-state index contributed by atoms with van der Waals surface area (Å²) in [7, 11) is 4.82. The number of methoxy groups -OCH3 is 1. The average molecular weight is 310 g/mol. The third kappa shape index (κ3) is 5.19. The normalized spacial score (nSPS) is 12.3. The van der Waals surface area contributed by atoms with Crippen molar-refractivity contribution in [3.63, 3.8) is 0 Å². The van der Waals surface area contributed by atoms with Gasteiger partial charge in [-0.05, 0) is 20.8 Å². The molecule has 1 aromatic heterocycles. The highest BCUT2D eigenvalue weighted by molar-refractivity contribution is 5.82. The highest BCUT2D eigenvalue weighted by Gasteiger charge is 2.28. The summed E-state index contributed by atoms with van der Waals surface area (Å²) in [6.45, 7) is 5.19. The molecule has 1 atom stereocenters. The second kappa shape index (κ2) is 7.06. The zero-order valence-electron chi connectivity index (χ0n) is 13.7. The number of rotatable bonds is 4. The van der Waals surface area contributed by atoms with E-state index in [0.29, 0.717) is 5.82 Å². The highest BCUT2D eigenvalue weighted by Crippen LogP contribution is 2.16. The number of alkyl carbamates (subject to hydrolysis) is 1. The second-order valence-corrected chi connectivity index (χ2v) is 5.80. The van der Waals surface area contributed by atoms with Crippen LogP contribution in [0.4, 0.5) is 10.6 Å². The van der Waals surface area contributed by atoms with Gasteiger partial charge in [-0.1, -0.05) is 0 Å². The van der Waals surface area contributed by atoms with E-state index >= 15 is 0 Å². The molecule has 1 amide bonds. The van der Waals surface area contributed by atoms with Crippen LogP contribution >= 0.6 is 0 Å². The molecular weight excluding hydrogens is 288 g/mol. The van der Waals surface area contributed by atoms with Gasteiger partial charge in [-0.3, -0.25) is 4.98 Å². The highest BCUT2D eigenvalue weighted by atomic mass is 16.6. The third-order valence-electron chi connectivity index (χ3n) is 2.49. The quantitative estimate of drug-likeness (QED) is 0.837. The van der Waals surface area contributed by atoms with Gasteiger partial charge in [-0.15, -0.1) is 0 Å². The first kappa shape index (κ1) is 17.7. The Morgan fingerprint density at radius 2 is 1.91 bits per heavy atom. The maximum Gasteiger partial charge on any atom is 0.408 e. The number of hydrogen-bond donors (Lipinski definition) is 1. The Bertz CT molecular complexity index is 540. The standard InChI is InChI=1S/C14H22N4O4/c1-14(2,3)22-13(20)17-11(12(19)21-6)9-7-15-8-10(16-9)18(4)5/h7-8,11H,1-6H3,(H,17,20). The minimum absolute atomic E-state index is 0.268. The lowest BCUT2D eigenvalue weighted by Crippen LogP contribution is -2.39. The molecule has 1 rings (SSSR count). The van der Waals surface area contributed by atoms with E-state index in [0.717, 1.165) is 0 Å². The Labute approximate surface area is 129 Å². The van der Waals surface area contributed by atoms with E-state index in [1.165, 1.54) is 13.3 Å². The van der Waals surface area contributed by atoms with Gasteiger partial charge in [0.25, 0.3) is 0 Å². The van der Waals surface area contributed by atoms with Crippen LogP contribution in [0.1, 0.15) is 32.5 Å². The second-order valence-electron chi connectivity index (χ2n) is 5.80. The van der Waals surface area contributed by atoms with Crippen LogP contribution in [0.25, 0.3) is 0 Å². The number of nitrogens with one attached hydrogen (secondary N) is 1. The fraction of sp³-hybridized carbons (Fsp3) is 0.571. The van der Waals surface area contributed by atoms with Gasteiger partial charge < -0.3 is 19.7 Å². The van der Waals surface area contributed by atoms with Gasteiger partial charge in [0.05, 0.1) is 25.2 Å². The molecule has 1 aromatic rings. The molecule has 22 heavy (non-hydrogen) atoms. The van der Waals surface area contributed by atoms with Crippen LogP contribution in [0, 0.1) is 0 Å². The molecule has 0 fully saturated rings. The summed E-state index contributed by atoms with van der Waals surface area (Å²) >= 11 is 0. The summed E-state index contributed by atoms with van der Waals surface area (Å²) in [5, 5.41) is 2.45. The lowest BCUT2D eigenvalue weighted by molar-refractivity contribution is -0.143. The molecule has 0 saturated carbocycles. The zero-order valence-corrected chi connectivity index (χ0v) is 13.7. The molecular formula is C14H22N4O4. The summed E-state index contributed by atoms with van der Waals surface area (Å²) in [6.07, 6.45) is 2.21. The van der Waals surface area contributed by atoms with Crippen molar-refractivity contribution in [3.8, 4) is 0 Å². The first-order valence-electron chi connectivity index (χ1n) is 6.70. The molecule has 1 N–H and O–H groups in total. The Balaban J connectivity index is 3.01. The van der Waals surface area contributed by atoms with Crippen molar-refractivity contribution in [1.29, 1.82) is 0 Å². The van der Waals surface area contributed by atoms with Gasteiger partial charge in [0.1, 0.15) is 11.4 Å². The van der Waals surface area contributed by atoms with Crippen molar-refractivity contribution in [2.75, 3.05) is 26.1 Å². The number of ether oxygens (including phenoxy) is 2. The first-order valence-corrected chi connectivity index (χ1v) is 6.70. The van der Waals surface area contributed by atoms with E-state index in [9.17, 15) is 9.59 Å². The first-order chi connectivity index (χ1) is 10.1. The SMILES string of the molecule is COC(=O)C(NC(=O)OC(C)(C)C)c1cncc(N(C)C)n1. The monoisotopic (exact) mass is 310 g/mol. The van der Waals surface area contributed by atoms with Crippen LogP contribution < -0.4 is 10.2 Å². The topological polar surface area (TPSA) is 93.6 Å². The van der Waals surface area contributed by atoms with Crippen LogP contribution in [0.15, 0.2) is 12.4 Å². The van der Waals surface area contributed by atoms with Crippen molar-refractivity contribution in [2.45, 2.75) is 32.4 Å². The molecule has 8 heteroatoms. The van der Waals surface area contributed by atoms with Crippen LogP contribution in [-0.2, 0) is 14.3 Å². The fourth-order valence-corrected chi connectivity index (χ4v) is 1.52. The Kier molecular flexibility index (Phi) is 5.67. The lowest BCUT2D eigenvalue weighted by atomic mass is 10.2. The Morgan fingerprint density at radius 1 is 1.27 bits per heavy atom. The number of amides is 1. The fourth-order valence-electron chi connectivity index (χ4n) is 1.52. The molecule has 0 spiro atoms. The molecule has 0 bridgehead atoms. The molecule has 122 valence electrons. The Hall–Kier alpha value is -2.38. The van der Waals surface area contributed by atoms with E-state index in [4.69, 9.17) is 9.47 Å². The van der Waals surface area contributed by atoms with E-state index in [1.54, 1.807) is 46.0 Å². The molecule has 8 nitrogen and oxygen atoms in total. The molecule has 1 heterocycles. The van der Waals surface area contributed by atoms with Gasteiger partial charge in [0, 0.05) is 14.1 Å². The summed E-state index contributed by atoms with van der Waals surface area (Å²) in [5.74, 6) is -0.103. The maximum atomic E-state index is 11.9. The molecule has 0 aliphatic carbocycles. The molecule has 0 aromatic carbocycles. The summed E-state index contributed by atoms with van der Waals surface area (Å²) < 4.78 is 9.85. The van der Waals surface area contributed by atoms with Crippen LogP contribution in [-0.4, -0.2) is 48.8 Å². The van der Waals surface area contributed by atoms with Gasteiger partial charge in [0.2, 0.25) is 0 Å². The van der Waals surface area contributed by atoms with Crippen LogP contribution in [0.2, 0.25) is 0 Å². The van der Waals surface area contributed by atoms with E-state index < -0.39 is 23.7 Å². The molecule has 0 aliphatic heterocycles. The summed E-state index contributed by atoms with van der Waals surface area (Å²) in [4.78, 5) is 33.8. The molecule has 0 aliphatic rings. The summed E-state index contributed by atoms with van der Waals surface area (Å²) in [6, 6.07) is -1.09. The largest absolute Gasteiger partial charge is 0.467 e. The third-order valence-corrected chi connectivity index (χ3v) is 2.49. The van der Waals surface area contributed by atoms with Crippen LogP contribution in [0.3, 0.4) is 0 Å². The van der Waals surface area contributed by atoms with Gasteiger partial charge in [-0.2, -0.15) is 0 Å². The minimum atomic E-state index is -1.09. The molecule has 1 unspecified atom stereocenters. The zero-order chi connectivity index (χ0) is 16.9. The van der Waals surface area contributed by atoms with Crippen molar-refractivity contribution in [1.82, 2.24) is 15.3 Å². The smallest absolute Gasteiger partial charge is 0.408 e. The predicted octanol–water partition coefficient (Wildman–Crippen LogP) is 1.28. The number of aromatic nitrogens is 2. The van der Waals surface area contributed by atoms with Gasteiger partial charge >= 0.3 is 12.1 Å². The van der Waals surface area contributed by atoms with E-state index in [2.05, 4.69) is 15.3 Å². The number of nitrogens with zero attached hydrogens (tertiary/aromatic N) is 3. The van der Waals surface area contributed by atoms with Crippen molar-refractivity contribution < 1.29 is 19.1 Å². The minimum Gasteiger partial charge on any atom is -0.467 e. The average Bonchev–Trinajstić information content (AvgIpc) is 2.42. The van der Waals surface area contributed by atoms with E-state index in [1.807, 2.05) is 0 Å². The van der Waals surface area contributed by atoms with Crippen LogP contribution in [0.5, 0.6) is 0 Å². The van der Waals surface area contributed by atoms with Crippen molar-refractivity contribution >= 4 is 17.9 Å². The predicted molar refractivity (Wildman–Crippen MR) is 80.5 cm³/mol. The van der Waals surface area contributed by atoms with Crippen molar-refractivity contribution in [3.05, 3.63) is 18.1 Å². The van der Waals surface area contributed by atoms with E-state index in [-0.39, 0.29) is 5.69 Å². The molecule has 0 radical (unpaired) electrons. The number of esters is 1. The summed E-state index contributed by atoms with van der Waals surface area (Å²) in [5.41, 5.74) is -0.411. The lowest BCUT2D eigenvalue weighted by Gasteiger charge is -2.22. The molecule has 0 saturated heterocycles. The van der Waals surface area contributed by atoms with Crippen molar-refractivity contribution in [2.24, 2.45) is 0 Å². The van der Waals surface area contributed by atoms with Gasteiger partial charge in [-0.25, -0.2) is 14.6 Å². The van der Waals surface area contributed by atoms with Gasteiger partial charge in [0.15, 0.2) is 6.04 Å².